The number of anilines is 1. The first-order valence-electron chi connectivity index (χ1n) is 14.9. The number of nitrogens with one attached hydrogen (secondary N) is 1. The van der Waals surface area contributed by atoms with Crippen LogP contribution < -0.4 is 10.1 Å². The van der Waals surface area contributed by atoms with Gasteiger partial charge in [-0.15, -0.1) is 0 Å². The van der Waals surface area contributed by atoms with Gasteiger partial charge in [0.15, 0.2) is 0 Å². The highest BCUT2D eigenvalue weighted by atomic mass is 19.1. The van der Waals surface area contributed by atoms with E-state index in [2.05, 4.69) is 26.0 Å². The monoisotopic (exact) mass is 592 g/mol. The van der Waals surface area contributed by atoms with E-state index in [0.717, 1.165) is 66.6 Å². The highest BCUT2D eigenvalue weighted by molar-refractivity contribution is 5.96. The van der Waals surface area contributed by atoms with Crippen molar-refractivity contribution in [3.05, 3.63) is 96.3 Å². The number of nitriles is 1. The second kappa shape index (κ2) is 13.0. The van der Waals surface area contributed by atoms with Gasteiger partial charge in [0.25, 0.3) is 0 Å². The number of hydrogen-bond donors (Lipinski definition) is 1. The first-order chi connectivity index (χ1) is 21.5. The first kappa shape index (κ1) is 28.9. The van der Waals surface area contributed by atoms with Crippen LogP contribution in [-0.2, 0) is 11.3 Å². The van der Waals surface area contributed by atoms with Gasteiger partial charge < -0.3 is 14.0 Å². The van der Waals surface area contributed by atoms with Crippen LogP contribution >= 0.6 is 0 Å². The molecule has 2 heterocycles. The van der Waals surface area contributed by atoms with E-state index in [-0.39, 0.29) is 5.82 Å². The van der Waals surface area contributed by atoms with Crippen LogP contribution in [0, 0.1) is 17.1 Å². The van der Waals surface area contributed by atoms with Crippen molar-refractivity contribution in [3.63, 3.8) is 0 Å². The Morgan fingerprint density at radius 1 is 1.11 bits per heavy atom. The Morgan fingerprint density at radius 3 is 2.59 bits per heavy atom. The molecule has 0 aliphatic heterocycles. The van der Waals surface area contributed by atoms with E-state index < -0.39 is 12.2 Å². The van der Waals surface area contributed by atoms with E-state index in [4.69, 9.17) is 9.47 Å². The van der Waals surface area contributed by atoms with Crippen molar-refractivity contribution in [1.29, 1.82) is 5.26 Å². The Morgan fingerprint density at radius 2 is 1.91 bits per heavy atom. The molecular weight excluding hydrogens is 559 g/mol. The third-order valence-corrected chi connectivity index (χ3v) is 8.07. The molecular formula is C34H33FN6O3. The molecule has 10 heteroatoms. The topological polar surface area (TPSA) is 107 Å². The summed E-state index contributed by atoms with van der Waals surface area (Å²) >= 11 is 0. The van der Waals surface area contributed by atoms with Crippen molar-refractivity contribution in [3.8, 4) is 23.1 Å². The number of carbonyl (C=O) groups excluding carboxylic acids is 1. The lowest BCUT2D eigenvalue weighted by Crippen LogP contribution is -2.18. The Kier molecular flexibility index (Phi) is 8.55. The average molecular weight is 593 g/mol. The predicted octanol–water partition coefficient (Wildman–Crippen LogP) is 7.80. The molecule has 2 aromatic heterocycles. The molecule has 0 bridgehead atoms. The van der Waals surface area contributed by atoms with E-state index in [1.54, 1.807) is 37.5 Å². The minimum atomic E-state index is -0.609. The van der Waals surface area contributed by atoms with Crippen LogP contribution in [0.3, 0.4) is 0 Å². The number of rotatable bonds is 11. The second-order valence-corrected chi connectivity index (χ2v) is 11.0. The number of benzene rings is 3. The summed E-state index contributed by atoms with van der Waals surface area (Å²) in [5.41, 5.74) is 4.63. The molecule has 1 atom stereocenters. The molecule has 1 amide bonds. The maximum absolute atomic E-state index is 13.2. The number of aromatic nitrogens is 4. The molecule has 1 aliphatic rings. The molecule has 6 rings (SSSR count). The smallest absolute Gasteiger partial charge is 0.412 e. The summed E-state index contributed by atoms with van der Waals surface area (Å²) in [6, 6.07) is 22.0. The van der Waals surface area contributed by atoms with Crippen LogP contribution in [0.4, 0.5) is 14.9 Å². The van der Waals surface area contributed by atoms with Gasteiger partial charge in [0.2, 0.25) is 0 Å². The lowest BCUT2D eigenvalue weighted by atomic mass is 9.92. The van der Waals surface area contributed by atoms with Crippen molar-refractivity contribution in [2.24, 2.45) is 0 Å². The summed E-state index contributed by atoms with van der Waals surface area (Å²) < 4.78 is 28.9. The maximum atomic E-state index is 13.2. The van der Waals surface area contributed by atoms with Crippen LogP contribution in [0.1, 0.15) is 62.3 Å². The molecule has 9 nitrogen and oxygen atoms in total. The molecule has 5 aromatic rings. The summed E-state index contributed by atoms with van der Waals surface area (Å²) in [5.74, 6) is 0.432. The van der Waals surface area contributed by atoms with Crippen LogP contribution in [0.15, 0.2) is 79.4 Å². The zero-order valence-corrected chi connectivity index (χ0v) is 24.4. The number of amides is 1. The molecule has 1 aliphatic carbocycles. The first-order valence-corrected chi connectivity index (χ1v) is 14.9. The number of nitrogens with zero attached hydrogens (tertiary/aromatic N) is 5. The molecule has 224 valence electrons. The van der Waals surface area contributed by atoms with Crippen LogP contribution in [0.25, 0.3) is 22.2 Å². The minimum Gasteiger partial charge on any atom is -0.494 e. The third-order valence-electron chi connectivity index (χ3n) is 8.07. The van der Waals surface area contributed by atoms with Crippen LogP contribution in [0.5, 0.6) is 5.75 Å². The molecule has 0 unspecified atom stereocenters. The van der Waals surface area contributed by atoms with Gasteiger partial charge in [0, 0.05) is 29.7 Å². The number of hydrogen-bond acceptors (Lipinski definition) is 6. The number of unbranched alkanes of at least 4 members (excludes halogenated alkanes) is 1. The van der Waals surface area contributed by atoms with Crippen LogP contribution in [-0.4, -0.2) is 32.0 Å². The summed E-state index contributed by atoms with van der Waals surface area (Å²) in [6.07, 6.45) is 7.16. The van der Waals surface area contributed by atoms with Crippen molar-refractivity contribution in [2.75, 3.05) is 11.9 Å². The molecule has 3 aromatic carbocycles. The standard InChI is InChI=1S/C34H33FN6O3/c1-23(24-7-11-26(35)12-8-24)44-34(42)39-27-13-9-25(10-14-27)33-31(20-36)30-16-15-29(19-32(30)41(33)28-5-4-6-28)43-18-3-2-17-40-22-37-21-38-40/h7-16,19,21-23,28H,2-6,17-18H2,1H3,(H,39,42)/t23-/m1/s1. The highest BCUT2D eigenvalue weighted by Crippen LogP contribution is 2.43. The van der Waals surface area contributed by atoms with Crippen molar-refractivity contribution in [1.82, 2.24) is 19.3 Å². The summed E-state index contributed by atoms with van der Waals surface area (Å²) in [5, 5.41) is 18.1. The zero-order chi connectivity index (χ0) is 30.5. The molecule has 1 N–H and O–H groups in total. The molecule has 0 saturated heterocycles. The van der Waals surface area contributed by atoms with E-state index in [1.807, 2.05) is 35.0 Å². The Bertz CT molecular complexity index is 1770. The van der Waals surface area contributed by atoms with E-state index in [9.17, 15) is 14.4 Å². The fourth-order valence-electron chi connectivity index (χ4n) is 5.54. The maximum Gasteiger partial charge on any atom is 0.412 e. The van der Waals surface area contributed by atoms with E-state index in [0.29, 0.717) is 29.5 Å². The van der Waals surface area contributed by atoms with E-state index in [1.165, 1.54) is 18.5 Å². The molecule has 0 spiro atoms. The molecule has 0 radical (unpaired) electrons. The predicted molar refractivity (Wildman–Crippen MR) is 165 cm³/mol. The summed E-state index contributed by atoms with van der Waals surface area (Å²) in [6.45, 7) is 3.12. The van der Waals surface area contributed by atoms with Gasteiger partial charge in [-0.05, 0) is 86.6 Å². The fraction of sp³-hybridized carbons (Fsp3) is 0.294. The van der Waals surface area contributed by atoms with Crippen LogP contribution in [0.2, 0.25) is 0 Å². The zero-order valence-electron chi connectivity index (χ0n) is 24.4. The fourth-order valence-corrected chi connectivity index (χ4v) is 5.54. The molecule has 1 saturated carbocycles. The number of halogens is 1. The minimum absolute atomic E-state index is 0.299. The summed E-state index contributed by atoms with van der Waals surface area (Å²) in [7, 11) is 0. The van der Waals surface area contributed by atoms with Gasteiger partial charge >= 0.3 is 6.09 Å². The van der Waals surface area contributed by atoms with Gasteiger partial charge in [-0.1, -0.05) is 24.3 Å². The number of fused-ring (bicyclic) bond motifs is 1. The van der Waals surface area contributed by atoms with Crippen molar-refractivity contribution < 1.29 is 18.7 Å². The quantitative estimate of drug-likeness (QED) is 0.157. The number of ether oxygens (including phenoxy) is 2. The molecule has 44 heavy (non-hydrogen) atoms. The largest absolute Gasteiger partial charge is 0.494 e. The van der Waals surface area contributed by atoms with Crippen molar-refractivity contribution in [2.45, 2.75) is 57.7 Å². The van der Waals surface area contributed by atoms with Gasteiger partial charge in [-0.3, -0.25) is 10.00 Å². The Balaban J connectivity index is 1.18. The third kappa shape index (κ3) is 6.27. The summed E-state index contributed by atoms with van der Waals surface area (Å²) in [4.78, 5) is 16.5. The Labute approximate surface area is 254 Å². The number of aryl methyl sites for hydroxylation is 1. The van der Waals surface area contributed by atoms with E-state index >= 15 is 0 Å². The normalized spacial score (nSPS) is 13.7. The van der Waals surface area contributed by atoms with Gasteiger partial charge in [0.1, 0.15) is 36.4 Å². The number of carbonyl (C=O) groups is 1. The lowest BCUT2D eigenvalue weighted by molar-refractivity contribution is 0.121. The van der Waals surface area contributed by atoms with Gasteiger partial charge in [0.05, 0.1) is 23.4 Å². The second-order valence-electron chi connectivity index (χ2n) is 11.0. The lowest BCUT2D eigenvalue weighted by Gasteiger charge is -2.30. The SMILES string of the molecule is C[C@@H](OC(=O)Nc1ccc(-c2c(C#N)c3ccc(OCCCCn4cncn4)cc3n2C2CCC2)cc1)c1ccc(F)cc1. The van der Waals surface area contributed by atoms with Gasteiger partial charge in [-0.2, -0.15) is 10.4 Å². The van der Waals surface area contributed by atoms with Crippen molar-refractivity contribution >= 4 is 22.7 Å². The molecule has 1 fully saturated rings. The highest BCUT2D eigenvalue weighted by Gasteiger charge is 2.28. The van der Waals surface area contributed by atoms with Gasteiger partial charge in [-0.25, -0.2) is 14.2 Å². The Hall–Kier alpha value is -5.17. The average Bonchev–Trinajstić information content (AvgIpc) is 3.63.